The Labute approximate surface area is 131 Å². The molecule has 0 amide bonds. The van der Waals surface area contributed by atoms with Gasteiger partial charge in [0.15, 0.2) is 0 Å². The van der Waals surface area contributed by atoms with E-state index in [1.54, 1.807) is 0 Å². The molecule has 4 heteroatoms. The quantitative estimate of drug-likeness (QED) is 0.721. The summed E-state index contributed by atoms with van der Waals surface area (Å²) in [6.45, 7) is 3.86. The predicted octanol–water partition coefficient (Wildman–Crippen LogP) is 3.80. The summed E-state index contributed by atoms with van der Waals surface area (Å²) in [7, 11) is 1.94. The average Bonchev–Trinajstić information content (AvgIpc) is 3.09. The lowest BCUT2D eigenvalue weighted by Crippen LogP contribution is -2.13. The Morgan fingerprint density at radius 3 is 2.86 bits per heavy atom. The molecule has 0 bridgehead atoms. The molecule has 0 spiro atoms. The minimum Gasteiger partial charge on any atom is -0.461 e. The van der Waals surface area contributed by atoms with Crippen molar-refractivity contribution in [2.24, 2.45) is 7.05 Å². The molecular formula is C18H23N3O. The van der Waals surface area contributed by atoms with Crippen molar-refractivity contribution in [3.05, 3.63) is 53.5 Å². The normalized spacial score (nSPS) is 11.4. The van der Waals surface area contributed by atoms with Crippen molar-refractivity contribution >= 4 is 11.0 Å². The maximum absolute atomic E-state index is 6.05. The highest BCUT2D eigenvalue weighted by Gasteiger charge is 2.13. The molecule has 4 nitrogen and oxygen atoms in total. The van der Waals surface area contributed by atoms with Crippen LogP contribution in [0.5, 0.6) is 0 Å². The molecule has 3 aromatic rings. The molecule has 0 aliphatic heterocycles. The van der Waals surface area contributed by atoms with E-state index in [0.29, 0.717) is 0 Å². The Kier molecular flexibility index (Phi) is 4.59. The molecule has 0 unspecified atom stereocenters. The van der Waals surface area contributed by atoms with Gasteiger partial charge in [-0.1, -0.05) is 31.5 Å². The second-order valence-electron chi connectivity index (χ2n) is 5.73. The highest BCUT2D eigenvalue weighted by Crippen LogP contribution is 2.27. The number of aryl methyl sites for hydroxylation is 2. The van der Waals surface area contributed by atoms with Crippen LogP contribution >= 0.6 is 0 Å². The number of fused-ring (bicyclic) bond motifs is 1. The first-order valence-corrected chi connectivity index (χ1v) is 7.95. The van der Waals surface area contributed by atoms with Gasteiger partial charge >= 0.3 is 0 Å². The first kappa shape index (κ1) is 14.9. The van der Waals surface area contributed by atoms with Crippen LogP contribution in [0.4, 0.5) is 0 Å². The third-order valence-corrected chi connectivity index (χ3v) is 3.93. The number of furan rings is 1. The minimum absolute atomic E-state index is 0.820. The maximum Gasteiger partial charge on any atom is 0.134 e. The lowest BCUT2D eigenvalue weighted by Gasteiger charge is -2.05. The Hall–Kier alpha value is -2.07. The molecule has 22 heavy (non-hydrogen) atoms. The summed E-state index contributed by atoms with van der Waals surface area (Å²) in [5.74, 6) is 1.13. The van der Waals surface area contributed by atoms with Crippen LogP contribution in [0, 0.1) is 0 Å². The molecule has 0 radical (unpaired) electrons. The molecular weight excluding hydrogens is 274 g/mol. The van der Waals surface area contributed by atoms with E-state index in [1.807, 2.05) is 30.2 Å². The fourth-order valence-electron chi connectivity index (χ4n) is 2.78. The fourth-order valence-corrected chi connectivity index (χ4v) is 2.78. The Morgan fingerprint density at radius 2 is 2.09 bits per heavy atom. The van der Waals surface area contributed by atoms with Gasteiger partial charge in [-0.25, -0.2) is 0 Å². The van der Waals surface area contributed by atoms with Gasteiger partial charge < -0.3 is 9.73 Å². The van der Waals surface area contributed by atoms with Crippen molar-refractivity contribution in [1.82, 2.24) is 15.1 Å². The highest BCUT2D eigenvalue weighted by atomic mass is 16.3. The molecule has 3 rings (SSSR count). The largest absolute Gasteiger partial charge is 0.461 e. The summed E-state index contributed by atoms with van der Waals surface area (Å²) in [6, 6.07) is 8.30. The molecule has 0 aliphatic rings. The van der Waals surface area contributed by atoms with Crippen molar-refractivity contribution in [1.29, 1.82) is 0 Å². The van der Waals surface area contributed by atoms with Crippen molar-refractivity contribution in [3.8, 4) is 0 Å². The van der Waals surface area contributed by atoms with Gasteiger partial charge in [0.05, 0.1) is 6.20 Å². The van der Waals surface area contributed by atoms with Crippen molar-refractivity contribution < 1.29 is 4.42 Å². The lowest BCUT2D eigenvalue weighted by atomic mass is 10.1. The number of nitrogens with zero attached hydrogens (tertiary/aromatic N) is 2. The zero-order valence-corrected chi connectivity index (χ0v) is 13.3. The molecule has 1 N–H and O–H groups in total. The number of hydrogen-bond donors (Lipinski definition) is 1. The van der Waals surface area contributed by atoms with Crippen LogP contribution in [0.2, 0.25) is 0 Å². The summed E-state index contributed by atoms with van der Waals surface area (Å²) in [6.07, 6.45) is 7.29. The molecule has 2 heterocycles. The summed E-state index contributed by atoms with van der Waals surface area (Å²) >= 11 is 0. The molecule has 0 saturated heterocycles. The van der Waals surface area contributed by atoms with Gasteiger partial charge in [-0.05, 0) is 12.5 Å². The zero-order chi connectivity index (χ0) is 15.4. The molecule has 1 aromatic carbocycles. The van der Waals surface area contributed by atoms with Crippen LogP contribution in [0.25, 0.3) is 11.0 Å². The van der Waals surface area contributed by atoms with E-state index in [9.17, 15) is 0 Å². The van der Waals surface area contributed by atoms with Crippen LogP contribution in [0.3, 0.4) is 0 Å². The molecule has 2 aromatic heterocycles. The van der Waals surface area contributed by atoms with Crippen LogP contribution in [-0.2, 0) is 26.6 Å². The number of nitrogens with one attached hydrogen (secondary N) is 1. The second-order valence-corrected chi connectivity index (χ2v) is 5.73. The van der Waals surface area contributed by atoms with Crippen LogP contribution in [0.15, 0.2) is 41.1 Å². The molecule has 0 fully saturated rings. The van der Waals surface area contributed by atoms with E-state index in [1.165, 1.54) is 22.9 Å². The lowest BCUT2D eigenvalue weighted by molar-refractivity contribution is 0.524. The summed E-state index contributed by atoms with van der Waals surface area (Å²) in [5.41, 5.74) is 3.49. The van der Waals surface area contributed by atoms with E-state index in [0.717, 1.165) is 37.3 Å². The van der Waals surface area contributed by atoms with Gasteiger partial charge in [-0.2, -0.15) is 5.10 Å². The molecule has 0 saturated carbocycles. The number of aromatic nitrogens is 2. The monoisotopic (exact) mass is 297 g/mol. The summed E-state index contributed by atoms with van der Waals surface area (Å²) in [4.78, 5) is 0. The van der Waals surface area contributed by atoms with Crippen LogP contribution in [0.1, 0.15) is 36.7 Å². The van der Waals surface area contributed by atoms with E-state index in [-0.39, 0.29) is 0 Å². The number of rotatable bonds is 7. The topological polar surface area (TPSA) is 43.0 Å². The molecule has 0 aliphatic carbocycles. The standard InChI is InChI=1S/C18H23N3O/c1-3-4-8-18-16(15-7-5-6-9-17(15)22-18)12-19-10-14-11-20-21(2)13-14/h5-7,9,11,13,19H,3-4,8,10,12H2,1-2H3. The SMILES string of the molecule is CCCCc1oc2ccccc2c1CNCc1cnn(C)c1. The summed E-state index contributed by atoms with van der Waals surface area (Å²) in [5, 5.41) is 8.94. The van der Waals surface area contributed by atoms with E-state index >= 15 is 0 Å². The Morgan fingerprint density at radius 1 is 1.23 bits per heavy atom. The first-order chi connectivity index (χ1) is 10.8. The Bertz CT molecular complexity index is 742. The average molecular weight is 297 g/mol. The van der Waals surface area contributed by atoms with Gasteiger partial charge in [0.1, 0.15) is 11.3 Å². The van der Waals surface area contributed by atoms with E-state index < -0.39 is 0 Å². The van der Waals surface area contributed by atoms with Gasteiger partial charge in [0, 0.05) is 49.3 Å². The third-order valence-electron chi connectivity index (χ3n) is 3.93. The van der Waals surface area contributed by atoms with Crippen molar-refractivity contribution in [3.63, 3.8) is 0 Å². The van der Waals surface area contributed by atoms with Crippen molar-refractivity contribution in [2.75, 3.05) is 0 Å². The van der Waals surface area contributed by atoms with E-state index in [2.05, 4.69) is 35.5 Å². The number of hydrogen-bond acceptors (Lipinski definition) is 3. The van der Waals surface area contributed by atoms with Crippen LogP contribution in [-0.4, -0.2) is 9.78 Å². The van der Waals surface area contributed by atoms with Crippen LogP contribution < -0.4 is 5.32 Å². The molecule has 0 atom stereocenters. The van der Waals surface area contributed by atoms with Gasteiger partial charge in [0.2, 0.25) is 0 Å². The first-order valence-electron chi connectivity index (χ1n) is 7.95. The number of para-hydroxylation sites is 1. The van der Waals surface area contributed by atoms with Crippen molar-refractivity contribution in [2.45, 2.75) is 39.3 Å². The van der Waals surface area contributed by atoms with E-state index in [4.69, 9.17) is 4.42 Å². The second kappa shape index (κ2) is 6.79. The Balaban J connectivity index is 1.75. The predicted molar refractivity (Wildman–Crippen MR) is 88.6 cm³/mol. The third kappa shape index (κ3) is 3.22. The smallest absolute Gasteiger partial charge is 0.134 e. The van der Waals surface area contributed by atoms with Gasteiger partial charge in [-0.15, -0.1) is 0 Å². The van der Waals surface area contributed by atoms with Gasteiger partial charge in [0.25, 0.3) is 0 Å². The van der Waals surface area contributed by atoms with Gasteiger partial charge in [-0.3, -0.25) is 4.68 Å². The summed E-state index contributed by atoms with van der Waals surface area (Å²) < 4.78 is 7.88. The number of benzene rings is 1. The highest BCUT2D eigenvalue weighted by molar-refractivity contribution is 5.82. The maximum atomic E-state index is 6.05. The minimum atomic E-state index is 0.820. The molecule has 116 valence electrons. The fraction of sp³-hybridized carbons (Fsp3) is 0.389. The zero-order valence-electron chi connectivity index (χ0n) is 13.3. The number of unbranched alkanes of at least 4 members (excludes halogenated alkanes) is 1.